The molecule has 192 valence electrons. The number of carbonyl (C=O) groups is 3. The number of sulfonamides is 1. The second kappa shape index (κ2) is 10.0. The monoisotopic (exact) mass is 499 g/mol. The average Bonchev–Trinajstić information content (AvgIpc) is 2.57. The molecule has 1 aromatic rings. The molecule has 0 aliphatic heterocycles. The Bertz CT molecular complexity index is 1010. The van der Waals surface area contributed by atoms with E-state index in [1.807, 2.05) is 0 Å². The highest BCUT2D eigenvalue weighted by molar-refractivity contribution is 7.89. The minimum atomic E-state index is -4.48. The minimum absolute atomic E-state index is 0.184. The van der Waals surface area contributed by atoms with Gasteiger partial charge in [0.25, 0.3) is 15.9 Å². The third-order valence-corrected chi connectivity index (χ3v) is 6.34. The number of nitrogens with zero attached hydrogens (tertiary/aromatic N) is 1. The number of aliphatic hydroxyl groups excluding tert-OH is 1. The lowest BCUT2D eigenvalue weighted by Gasteiger charge is -2.37. The second-order valence-corrected chi connectivity index (χ2v) is 12.9. The van der Waals surface area contributed by atoms with E-state index in [-0.39, 0.29) is 4.90 Å². The molecule has 2 unspecified atom stereocenters. The molecule has 0 aromatic heterocycles. The molecule has 0 heterocycles. The molecule has 0 saturated heterocycles. The van der Waals surface area contributed by atoms with Gasteiger partial charge in [0.2, 0.25) is 0 Å². The summed E-state index contributed by atoms with van der Waals surface area (Å²) in [7, 11) is -4.48. The van der Waals surface area contributed by atoms with Crippen molar-refractivity contribution in [1.82, 2.24) is 4.31 Å². The van der Waals surface area contributed by atoms with Crippen LogP contribution >= 0.6 is 0 Å². The molecule has 2 atom stereocenters. The second-order valence-electron chi connectivity index (χ2n) is 11.1. The van der Waals surface area contributed by atoms with Gasteiger partial charge in [-0.2, -0.15) is 0 Å². The maximum absolute atomic E-state index is 13.7. The Labute approximate surface area is 202 Å². The maximum Gasteiger partial charge on any atom is 0.336 e. The molecule has 0 aliphatic rings. The summed E-state index contributed by atoms with van der Waals surface area (Å²) in [5.41, 5.74) is -2.66. The molecule has 9 nitrogen and oxygen atoms in total. The van der Waals surface area contributed by atoms with E-state index in [9.17, 15) is 27.9 Å². The molecule has 0 aliphatic carbocycles. The Kier molecular flexibility index (Phi) is 8.73. The number of esters is 2. The van der Waals surface area contributed by atoms with Crippen LogP contribution in [-0.2, 0) is 33.9 Å². The van der Waals surface area contributed by atoms with Gasteiger partial charge in [0.05, 0.1) is 10.4 Å². The first-order chi connectivity index (χ1) is 15.1. The zero-order valence-electron chi connectivity index (χ0n) is 21.6. The van der Waals surface area contributed by atoms with Crippen molar-refractivity contribution in [2.45, 2.75) is 97.0 Å². The van der Waals surface area contributed by atoms with Crippen LogP contribution in [0.1, 0.15) is 67.9 Å². The summed E-state index contributed by atoms with van der Waals surface area (Å²) in [6.45, 7) is 15.4. The van der Waals surface area contributed by atoms with Crippen LogP contribution in [0.2, 0.25) is 0 Å². The quantitative estimate of drug-likeness (QED) is 0.467. The lowest BCUT2D eigenvalue weighted by molar-refractivity contribution is -0.182. The van der Waals surface area contributed by atoms with Gasteiger partial charge in [-0.3, -0.25) is 9.59 Å². The van der Waals surface area contributed by atoms with Gasteiger partial charge < -0.3 is 14.6 Å². The Morgan fingerprint density at radius 1 is 0.824 bits per heavy atom. The molecule has 0 fully saturated rings. The zero-order chi connectivity index (χ0) is 26.9. The Hall–Kier alpha value is -2.46. The number of aliphatic hydroxyl groups is 1. The molecule has 1 N–H and O–H groups in total. The summed E-state index contributed by atoms with van der Waals surface area (Å²) < 4.78 is 38.0. The normalized spacial score (nSPS) is 14.7. The van der Waals surface area contributed by atoms with E-state index < -0.39 is 56.6 Å². The molecular formula is C24H37NO8S. The highest BCUT2D eigenvalue weighted by Crippen LogP contribution is 2.29. The van der Waals surface area contributed by atoms with Crippen LogP contribution in [-0.4, -0.2) is 58.5 Å². The first kappa shape index (κ1) is 29.6. The smallest absolute Gasteiger partial charge is 0.336 e. The predicted octanol–water partition coefficient (Wildman–Crippen LogP) is 2.97. The van der Waals surface area contributed by atoms with E-state index in [2.05, 4.69) is 0 Å². The van der Waals surface area contributed by atoms with Crippen LogP contribution in [0, 0.1) is 12.8 Å². The van der Waals surface area contributed by atoms with Crippen LogP contribution in [0.25, 0.3) is 0 Å². The molecule has 0 bridgehead atoms. The van der Waals surface area contributed by atoms with E-state index in [0.29, 0.717) is 4.31 Å². The van der Waals surface area contributed by atoms with Gasteiger partial charge >= 0.3 is 11.9 Å². The Morgan fingerprint density at radius 2 is 1.24 bits per heavy atom. The van der Waals surface area contributed by atoms with Crippen molar-refractivity contribution in [2.75, 3.05) is 0 Å². The minimum Gasteiger partial charge on any atom is -0.459 e. The number of amides is 1. The summed E-state index contributed by atoms with van der Waals surface area (Å²) in [5.74, 6) is -5.98. The van der Waals surface area contributed by atoms with Gasteiger partial charge in [0.15, 0.2) is 12.0 Å². The van der Waals surface area contributed by atoms with E-state index in [0.717, 1.165) is 5.56 Å². The third-order valence-electron chi connectivity index (χ3n) is 4.26. The summed E-state index contributed by atoms with van der Waals surface area (Å²) in [4.78, 5) is 39.1. The molecule has 10 heteroatoms. The van der Waals surface area contributed by atoms with E-state index in [1.165, 1.54) is 53.7 Å². The van der Waals surface area contributed by atoms with Gasteiger partial charge in [0, 0.05) is 0 Å². The highest BCUT2D eigenvalue weighted by atomic mass is 32.2. The standard InChI is InChI=1S/C24H37NO8S/c1-15-11-13-16(14-12-15)34(30,31)25(22(2,3)4)19(27)17(20(28)32-23(5,6)7)18(26)21(29)33-24(8,9)10/h11-14,17-18,26H,1-10H3. The van der Waals surface area contributed by atoms with Gasteiger partial charge in [0.1, 0.15) is 11.2 Å². The van der Waals surface area contributed by atoms with Crippen LogP contribution in [0.15, 0.2) is 29.2 Å². The lowest BCUT2D eigenvalue weighted by atomic mass is 9.98. The van der Waals surface area contributed by atoms with Crippen molar-refractivity contribution < 1.29 is 37.4 Å². The maximum atomic E-state index is 13.7. The summed E-state index contributed by atoms with van der Waals surface area (Å²) in [6.07, 6.45) is -2.29. The number of hydrogen-bond acceptors (Lipinski definition) is 8. The van der Waals surface area contributed by atoms with Crippen molar-refractivity contribution in [1.29, 1.82) is 0 Å². The van der Waals surface area contributed by atoms with Crippen molar-refractivity contribution in [3.05, 3.63) is 29.8 Å². The van der Waals surface area contributed by atoms with Crippen molar-refractivity contribution in [3.63, 3.8) is 0 Å². The van der Waals surface area contributed by atoms with Crippen LogP contribution in [0.4, 0.5) is 0 Å². The number of carbonyl (C=O) groups excluding carboxylic acids is 3. The van der Waals surface area contributed by atoms with Crippen molar-refractivity contribution in [2.24, 2.45) is 5.92 Å². The SMILES string of the molecule is Cc1ccc(S(=O)(=O)N(C(=O)C(C(=O)OC(C)(C)C)C(O)C(=O)OC(C)(C)C)C(C)(C)C)cc1. The molecule has 0 saturated carbocycles. The first-order valence-electron chi connectivity index (χ1n) is 10.9. The van der Waals surface area contributed by atoms with Crippen molar-refractivity contribution >= 4 is 27.9 Å². The lowest BCUT2D eigenvalue weighted by Crippen LogP contribution is -2.57. The Balaban J connectivity index is 3.65. The summed E-state index contributed by atoms with van der Waals surface area (Å²) in [6, 6.07) is 5.81. The Morgan fingerprint density at radius 3 is 1.62 bits per heavy atom. The van der Waals surface area contributed by atoms with E-state index in [1.54, 1.807) is 39.8 Å². The third kappa shape index (κ3) is 7.80. The van der Waals surface area contributed by atoms with E-state index in [4.69, 9.17) is 9.47 Å². The topological polar surface area (TPSA) is 127 Å². The average molecular weight is 500 g/mol. The van der Waals surface area contributed by atoms with Crippen molar-refractivity contribution in [3.8, 4) is 0 Å². The first-order valence-corrected chi connectivity index (χ1v) is 12.3. The van der Waals surface area contributed by atoms with Crippen LogP contribution in [0.5, 0.6) is 0 Å². The number of benzene rings is 1. The van der Waals surface area contributed by atoms with Gasteiger partial charge in [-0.25, -0.2) is 17.5 Å². The predicted molar refractivity (Wildman–Crippen MR) is 126 cm³/mol. The fourth-order valence-electron chi connectivity index (χ4n) is 2.98. The largest absolute Gasteiger partial charge is 0.459 e. The molecular weight excluding hydrogens is 462 g/mol. The van der Waals surface area contributed by atoms with Gasteiger partial charge in [-0.1, -0.05) is 17.7 Å². The molecule has 34 heavy (non-hydrogen) atoms. The number of rotatable bonds is 6. The van der Waals surface area contributed by atoms with E-state index >= 15 is 0 Å². The summed E-state index contributed by atoms with van der Waals surface area (Å²) in [5, 5.41) is 10.7. The number of hydrogen-bond donors (Lipinski definition) is 1. The fraction of sp³-hybridized carbons (Fsp3) is 0.625. The molecule has 0 radical (unpaired) electrons. The van der Waals surface area contributed by atoms with Crippen LogP contribution in [0.3, 0.4) is 0 Å². The molecule has 1 aromatic carbocycles. The highest BCUT2D eigenvalue weighted by Gasteiger charge is 2.50. The molecule has 0 spiro atoms. The molecule has 1 amide bonds. The van der Waals surface area contributed by atoms with Gasteiger partial charge in [-0.15, -0.1) is 0 Å². The fourth-order valence-corrected chi connectivity index (χ4v) is 4.74. The number of aryl methyl sites for hydroxylation is 1. The zero-order valence-corrected chi connectivity index (χ0v) is 22.4. The van der Waals surface area contributed by atoms with Crippen LogP contribution < -0.4 is 0 Å². The van der Waals surface area contributed by atoms with Gasteiger partial charge in [-0.05, 0) is 81.4 Å². The number of ether oxygens (including phenoxy) is 2. The molecule has 1 rings (SSSR count). The summed E-state index contributed by atoms with van der Waals surface area (Å²) >= 11 is 0.